The van der Waals surface area contributed by atoms with Crippen molar-refractivity contribution in [3.63, 3.8) is 0 Å². The summed E-state index contributed by atoms with van der Waals surface area (Å²) in [6.07, 6.45) is 0.587. The molecule has 0 spiro atoms. The third-order valence-corrected chi connectivity index (χ3v) is 3.66. The minimum Gasteiger partial charge on any atom is -0.355 e. The van der Waals surface area contributed by atoms with Crippen LogP contribution < -0.4 is 11.1 Å². The van der Waals surface area contributed by atoms with Gasteiger partial charge in [0.15, 0.2) is 0 Å². The number of aromatic nitrogens is 2. The summed E-state index contributed by atoms with van der Waals surface area (Å²) in [5, 5.41) is 2.81. The number of nitrogens with one attached hydrogen (secondary N) is 2. The number of nitrogens with zero attached hydrogens (tertiary/aromatic N) is 1. The molecule has 5 nitrogen and oxygen atoms in total. The molecule has 0 radical (unpaired) electrons. The molecule has 1 aromatic heterocycles. The average molecular weight is 296 g/mol. The summed E-state index contributed by atoms with van der Waals surface area (Å²) in [7, 11) is 0. The molecule has 2 rings (SSSR count). The number of carbonyl (C=O) groups excluding carboxylic acids is 1. The Hall–Kier alpha value is -1.60. The van der Waals surface area contributed by atoms with Crippen molar-refractivity contribution in [2.24, 2.45) is 5.73 Å². The number of H-pyrrole nitrogens is 1. The molecule has 0 bridgehead atoms. The van der Waals surface area contributed by atoms with Crippen molar-refractivity contribution < 1.29 is 9.18 Å². The summed E-state index contributed by atoms with van der Waals surface area (Å²) < 4.78 is 13.0. The van der Waals surface area contributed by atoms with Gasteiger partial charge in [0, 0.05) is 25.3 Å². The molecule has 1 aromatic carbocycles. The van der Waals surface area contributed by atoms with Crippen molar-refractivity contribution in [3.05, 3.63) is 29.8 Å². The molecule has 0 saturated carbocycles. The van der Waals surface area contributed by atoms with Gasteiger partial charge in [-0.2, -0.15) is 11.8 Å². The molecule has 2 aromatic rings. The summed E-state index contributed by atoms with van der Waals surface area (Å²) in [5.41, 5.74) is 6.75. The van der Waals surface area contributed by atoms with E-state index in [2.05, 4.69) is 15.3 Å². The number of aromatic amines is 1. The number of hydrogen-bond acceptors (Lipinski definition) is 4. The molecule has 7 heteroatoms. The highest BCUT2D eigenvalue weighted by Crippen LogP contribution is 2.12. The molecule has 0 aliphatic heterocycles. The number of halogens is 1. The number of thioether (sulfide) groups is 1. The van der Waals surface area contributed by atoms with E-state index < -0.39 is 0 Å². The Kier molecular flexibility index (Phi) is 5.37. The Bertz CT molecular complexity index is 587. The van der Waals surface area contributed by atoms with E-state index in [1.54, 1.807) is 6.07 Å². The molecule has 1 amide bonds. The van der Waals surface area contributed by atoms with Gasteiger partial charge in [0.05, 0.1) is 16.8 Å². The number of rotatable bonds is 7. The van der Waals surface area contributed by atoms with Crippen LogP contribution in [0, 0.1) is 5.82 Å². The first-order valence-corrected chi connectivity index (χ1v) is 7.53. The van der Waals surface area contributed by atoms with Gasteiger partial charge >= 0.3 is 0 Å². The summed E-state index contributed by atoms with van der Waals surface area (Å²) in [6.45, 7) is 1.08. The molecule has 1 heterocycles. The summed E-state index contributed by atoms with van der Waals surface area (Å²) in [4.78, 5) is 18.8. The minimum absolute atomic E-state index is 0.00870. The third-order valence-electron chi connectivity index (χ3n) is 2.67. The molecule has 0 aliphatic carbocycles. The normalized spacial score (nSPS) is 10.9. The second kappa shape index (κ2) is 7.25. The van der Waals surface area contributed by atoms with E-state index in [1.165, 1.54) is 23.9 Å². The minimum atomic E-state index is -0.294. The van der Waals surface area contributed by atoms with Crippen LogP contribution in [0.3, 0.4) is 0 Å². The maximum atomic E-state index is 13.0. The Morgan fingerprint density at radius 1 is 1.50 bits per heavy atom. The maximum absolute atomic E-state index is 13.0. The zero-order valence-electron chi connectivity index (χ0n) is 11.0. The lowest BCUT2D eigenvalue weighted by molar-refractivity contribution is -0.118. The van der Waals surface area contributed by atoms with Gasteiger partial charge in [0.2, 0.25) is 5.91 Å². The smallest absolute Gasteiger partial charge is 0.230 e. The molecule has 0 saturated heterocycles. The van der Waals surface area contributed by atoms with Crippen LogP contribution in [-0.2, 0) is 11.2 Å². The first kappa shape index (κ1) is 14.8. The van der Waals surface area contributed by atoms with E-state index in [4.69, 9.17) is 5.73 Å². The molecule has 4 N–H and O–H groups in total. The van der Waals surface area contributed by atoms with Crippen molar-refractivity contribution in [3.8, 4) is 0 Å². The van der Waals surface area contributed by atoms with Gasteiger partial charge in [-0.05, 0) is 18.2 Å². The van der Waals surface area contributed by atoms with Gasteiger partial charge in [-0.3, -0.25) is 4.79 Å². The molecule has 20 heavy (non-hydrogen) atoms. The van der Waals surface area contributed by atoms with Crippen molar-refractivity contribution in [1.82, 2.24) is 15.3 Å². The largest absolute Gasteiger partial charge is 0.355 e. The van der Waals surface area contributed by atoms with Crippen LogP contribution in [-0.4, -0.2) is 40.5 Å². The average Bonchev–Trinajstić information content (AvgIpc) is 2.81. The molecule has 108 valence electrons. The standard InChI is InChI=1S/C13H17FN4OS/c14-9-1-2-10-11(7-9)18-12(17-10)3-5-16-13(19)8-20-6-4-15/h1-2,7H,3-6,8,15H2,(H,16,19)(H,17,18). The zero-order valence-corrected chi connectivity index (χ0v) is 11.8. The molecule has 0 aliphatic rings. The van der Waals surface area contributed by atoms with E-state index in [0.29, 0.717) is 30.8 Å². The lowest BCUT2D eigenvalue weighted by atomic mass is 10.3. The number of imidazole rings is 1. The fourth-order valence-electron chi connectivity index (χ4n) is 1.77. The number of nitrogens with two attached hydrogens (primary N) is 1. The Morgan fingerprint density at radius 2 is 2.35 bits per heavy atom. The number of hydrogen-bond donors (Lipinski definition) is 3. The summed E-state index contributed by atoms with van der Waals surface area (Å²) >= 11 is 1.51. The van der Waals surface area contributed by atoms with Crippen LogP contribution in [0.1, 0.15) is 5.82 Å². The molecular formula is C13H17FN4OS. The Labute approximate surface area is 120 Å². The highest BCUT2D eigenvalue weighted by Gasteiger charge is 2.05. The van der Waals surface area contributed by atoms with Crippen LogP contribution in [0.25, 0.3) is 11.0 Å². The van der Waals surface area contributed by atoms with Gasteiger partial charge in [-0.25, -0.2) is 9.37 Å². The van der Waals surface area contributed by atoms with Gasteiger partial charge < -0.3 is 16.0 Å². The number of benzene rings is 1. The van der Waals surface area contributed by atoms with E-state index in [0.717, 1.165) is 17.1 Å². The van der Waals surface area contributed by atoms with Crippen molar-refractivity contribution in [1.29, 1.82) is 0 Å². The first-order valence-electron chi connectivity index (χ1n) is 6.37. The van der Waals surface area contributed by atoms with Crippen LogP contribution in [0.2, 0.25) is 0 Å². The van der Waals surface area contributed by atoms with Crippen molar-refractivity contribution in [2.45, 2.75) is 6.42 Å². The van der Waals surface area contributed by atoms with Crippen molar-refractivity contribution in [2.75, 3.05) is 24.6 Å². The molecule has 0 fully saturated rings. The van der Waals surface area contributed by atoms with Gasteiger partial charge in [0.1, 0.15) is 11.6 Å². The van der Waals surface area contributed by atoms with Crippen LogP contribution in [0.5, 0.6) is 0 Å². The molecule has 0 unspecified atom stereocenters. The topological polar surface area (TPSA) is 83.8 Å². The molecule has 0 atom stereocenters. The van der Waals surface area contributed by atoms with E-state index in [-0.39, 0.29) is 11.7 Å². The quantitative estimate of drug-likeness (QED) is 0.667. The van der Waals surface area contributed by atoms with Gasteiger partial charge in [-0.1, -0.05) is 0 Å². The number of carbonyl (C=O) groups is 1. The SMILES string of the molecule is NCCSCC(=O)NCCc1nc2ccc(F)cc2[nH]1. The second-order valence-electron chi connectivity index (χ2n) is 4.29. The first-order chi connectivity index (χ1) is 9.69. The van der Waals surface area contributed by atoms with Crippen LogP contribution in [0.4, 0.5) is 4.39 Å². The van der Waals surface area contributed by atoms with Crippen LogP contribution >= 0.6 is 11.8 Å². The van der Waals surface area contributed by atoms with Crippen molar-refractivity contribution >= 4 is 28.7 Å². The predicted octanol–water partition coefficient (Wildman–Crippen LogP) is 1.05. The fraction of sp³-hybridized carbons (Fsp3) is 0.385. The highest BCUT2D eigenvalue weighted by molar-refractivity contribution is 7.99. The lowest BCUT2D eigenvalue weighted by Crippen LogP contribution is -2.27. The Morgan fingerprint density at radius 3 is 3.15 bits per heavy atom. The zero-order chi connectivity index (χ0) is 14.4. The van der Waals surface area contributed by atoms with Crippen LogP contribution in [0.15, 0.2) is 18.2 Å². The third kappa shape index (κ3) is 4.21. The van der Waals surface area contributed by atoms with E-state index >= 15 is 0 Å². The Balaban J connectivity index is 1.79. The lowest BCUT2D eigenvalue weighted by Gasteiger charge is -2.03. The number of amides is 1. The fourth-order valence-corrected chi connectivity index (χ4v) is 2.37. The highest BCUT2D eigenvalue weighted by atomic mass is 32.2. The summed E-state index contributed by atoms with van der Waals surface area (Å²) in [6, 6.07) is 4.42. The van der Waals surface area contributed by atoms with E-state index in [9.17, 15) is 9.18 Å². The predicted molar refractivity (Wildman–Crippen MR) is 79.1 cm³/mol. The molecular weight excluding hydrogens is 279 g/mol. The van der Waals surface area contributed by atoms with E-state index in [1.807, 2.05) is 0 Å². The maximum Gasteiger partial charge on any atom is 0.230 e. The second-order valence-corrected chi connectivity index (χ2v) is 5.39. The number of fused-ring (bicyclic) bond motifs is 1. The monoisotopic (exact) mass is 296 g/mol. The van der Waals surface area contributed by atoms with Gasteiger partial charge in [-0.15, -0.1) is 0 Å². The van der Waals surface area contributed by atoms with Gasteiger partial charge in [0.25, 0.3) is 0 Å². The summed E-state index contributed by atoms with van der Waals surface area (Å²) in [5.74, 6) is 1.63.